The maximum Gasteiger partial charge on any atom is 0.405 e. The molecular formula is C18H21Cl2N5O3. The number of nitrogen functional groups attached to an aromatic ring is 1. The lowest BCUT2D eigenvalue weighted by Gasteiger charge is -2.38. The molecule has 0 aliphatic carbocycles. The predicted molar refractivity (Wildman–Crippen MR) is 109 cm³/mol. The summed E-state index contributed by atoms with van der Waals surface area (Å²) in [5.74, 6) is 0.957. The highest BCUT2D eigenvalue weighted by Gasteiger charge is 2.34. The average molecular weight is 426 g/mol. The van der Waals surface area contributed by atoms with E-state index in [0.717, 1.165) is 0 Å². The van der Waals surface area contributed by atoms with Crippen LogP contribution in [0.3, 0.4) is 0 Å². The second-order valence-corrected chi connectivity index (χ2v) is 7.54. The number of methoxy groups -OCH3 is 1. The van der Waals surface area contributed by atoms with Crippen molar-refractivity contribution in [3.63, 3.8) is 0 Å². The summed E-state index contributed by atoms with van der Waals surface area (Å²) in [4.78, 5) is 22.0. The number of hydrogen-bond acceptors (Lipinski definition) is 7. The molecule has 0 spiro atoms. The largest absolute Gasteiger partial charge is 0.480 e. The Morgan fingerprint density at radius 2 is 1.93 bits per heavy atom. The van der Waals surface area contributed by atoms with E-state index in [0.29, 0.717) is 58.9 Å². The van der Waals surface area contributed by atoms with E-state index < -0.39 is 11.7 Å². The first-order valence-electron chi connectivity index (χ1n) is 8.63. The molecule has 10 heteroatoms. The summed E-state index contributed by atoms with van der Waals surface area (Å²) >= 11 is 12.4. The number of rotatable bonds is 4. The molecule has 0 radical (unpaired) electrons. The summed E-state index contributed by atoms with van der Waals surface area (Å²) in [5, 5.41) is 0.748. The molecule has 1 saturated heterocycles. The van der Waals surface area contributed by atoms with Crippen molar-refractivity contribution in [1.82, 2.24) is 9.97 Å². The number of carbonyl (C=O) groups is 1. The number of carbonyl (C=O) groups excluding carboxylic acids is 1. The van der Waals surface area contributed by atoms with Crippen molar-refractivity contribution in [2.45, 2.75) is 25.4 Å². The minimum absolute atomic E-state index is 0.229. The van der Waals surface area contributed by atoms with Crippen molar-refractivity contribution in [2.75, 3.05) is 30.8 Å². The Morgan fingerprint density at radius 1 is 1.25 bits per heavy atom. The van der Waals surface area contributed by atoms with Crippen LogP contribution in [0, 0.1) is 0 Å². The molecule has 1 amide bonds. The van der Waals surface area contributed by atoms with Crippen molar-refractivity contribution < 1.29 is 14.3 Å². The van der Waals surface area contributed by atoms with E-state index in [4.69, 9.17) is 44.1 Å². The third-order valence-electron chi connectivity index (χ3n) is 4.76. The lowest BCUT2D eigenvalue weighted by molar-refractivity contribution is 0.0125. The van der Waals surface area contributed by atoms with E-state index in [1.807, 2.05) is 11.8 Å². The maximum absolute atomic E-state index is 11.1. The summed E-state index contributed by atoms with van der Waals surface area (Å²) in [6.07, 6.45) is 0.396. The van der Waals surface area contributed by atoms with Crippen LogP contribution in [0.15, 0.2) is 18.2 Å². The topological polar surface area (TPSA) is 117 Å². The lowest BCUT2D eigenvalue weighted by Crippen LogP contribution is -2.46. The molecule has 1 aliphatic rings. The number of piperidine rings is 1. The van der Waals surface area contributed by atoms with Crippen molar-refractivity contribution in [1.29, 1.82) is 0 Å². The predicted octanol–water partition coefficient (Wildman–Crippen LogP) is 3.50. The minimum atomic E-state index is -0.777. The Bertz CT molecular complexity index is 901. The Hall–Kier alpha value is -2.45. The first-order chi connectivity index (χ1) is 13.2. The van der Waals surface area contributed by atoms with E-state index in [1.54, 1.807) is 18.2 Å². The van der Waals surface area contributed by atoms with Gasteiger partial charge in [-0.1, -0.05) is 35.3 Å². The first kappa shape index (κ1) is 20.3. The summed E-state index contributed by atoms with van der Waals surface area (Å²) in [6.45, 7) is 3.00. The van der Waals surface area contributed by atoms with Gasteiger partial charge in [-0.3, -0.25) is 0 Å². The second kappa shape index (κ2) is 7.89. The summed E-state index contributed by atoms with van der Waals surface area (Å²) in [7, 11) is 1.50. The average Bonchev–Trinajstić information content (AvgIpc) is 2.63. The molecule has 1 aromatic carbocycles. The summed E-state index contributed by atoms with van der Waals surface area (Å²) in [5.41, 5.74) is 11.9. The standard InChI is InChI=1S/C18H21Cl2N5O3/c1-18(28-16(22)26)6-8-25(9-7-18)17-23-14(21)12(15(24-17)27-2)10-4-3-5-11(19)13(10)20/h3-5H,6-9H2,1-2H3,(H2,22,26)(H2,21,23,24). The molecule has 0 unspecified atom stereocenters. The Kier molecular flexibility index (Phi) is 5.71. The zero-order chi connectivity index (χ0) is 20.5. The van der Waals surface area contributed by atoms with Crippen LogP contribution < -0.4 is 21.1 Å². The van der Waals surface area contributed by atoms with Gasteiger partial charge in [-0.15, -0.1) is 0 Å². The van der Waals surface area contributed by atoms with Crippen LogP contribution in [0.25, 0.3) is 11.1 Å². The zero-order valence-electron chi connectivity index (χ0n) is 15.5. The highest BCUT2D eigenvalue weighted by molar-refractivity contribution is 6.43. The van der Waals surface area contributed by atoms with E-state index in [-0.39, 0.29) is 5.82 Å². The number of amides is 1. The van der Waals surface area contributed by atoms with E-state index in [2.05, 4.69) is 9.97 Å². The van der Waals surface area contributed by atoms with Gasteiger partial charge in [-0.05, 0) is 13.0 Å². The van der Waals surface area contributed by atoms with Gasteiger partial charge >= 0.3 is 6.09 Å². The fourth-order valence-corrected chi connectivity index (χ4v) is 3.60. The smallest absolute Gasteiger partial charge is 0.405 e. The summed E-state index contributed by atoms with van der Waals surface area (Å²) < 4.78 is 10.7. The zero-order valence-corrected chi connectivity index (χ0v) is 17.0. The van der Waals surface area contributed by atoms with Crippen molar-refractivity contribution in [3.05, 3.63) is 28.2 Å². The molecule has 3 rings (SSSR count). The number of nitrogens with two attached hydrogens (primary N) is 2. The van der Waals surface area contributed by atoms with Crippen LogP contribution in [-0.4, -0.2) is 41.9 Å². The Balaban J connectivity index is 1.91. The molecule has 150 valence electrons. The second-order valence-electron chi connectivity index (χ2n) is 6.75. The van der Waals surface area contributed by atoms with Crippen LogP contribution in [0.5, 0.6) is 5.88 Å². The molecule has 2 aromatic rings. The van der Waals surface area contributed by atoms with Crippen LogP contribution in [-0.2, 0) is 4.74 Å². The molecule has 0 saturated carbocycles. The van der Waals surface area contributed by atoms with Crippen LogP contribution in [0.2, 0.25) is 10.0 Å². The van der Waals surface area contributed by atoms with Gasteiger partial charge in [-0.25, -0.2) is 4.79 Å². The number of halogens is 2. The molecule has 8 nitrogen and oxygen atoms in total. The van der Waals surface area contributed by atoms with Gasteiger partial charge < -0.3 is 25.8 Å². The molecular weight excluding hydrogens is 405 g/mol. The van der Waals surface area contributed by atoms with E-state index >= 15 is 0 Å². The first-order valence-corrected chi connectivity index (χ1v) is 9.39. The fraction of sp³-hybridized carbons (Fsp3) is 0.389. The number of anilines is 2. The van der Waals surface area contributed by atoms with Gasteiger partial charge in [-0.2, -0.15) is 9.97 Å². The number of ether oxygens (including phenoxy) is 2. The number of nitrogens with zero attached hydrogens (tertiary/aromatic N) is 3. The van der Waals surface area contributed by atoms with Gasteiger partial charge in [0.25, 0.3) is 0 Å². The number of primary amides is 1. The van der Waals surface area contributed by atoms with Gasteiger partial charge in [0.2, 0.25) is 11.8 Å². The van der Waals surface area contributed by atoms with Crippen LogP contribution >= 0.6 is 23.2 Å². The number of aromatic nitrogens is 2. The molecule has 28 heavy (non-hydrogen) atoms. The Morgan fingerprint density at radius 3 is 2.54 bits per heavy atom. The normalized spacial score (nSPS) is 15.9. The monoisotopic (exact) mass is 425 g/mol. The van der Waals surface area contributed by atoms with Crippen molar-refractivity contribution >= 4 is 41.1 Å². The van der Waals surface area contributed by atoms with Gasteiger partial charge in [0.1, 0.15) is 11.4 Å². The van der Waals surface area contributed by atoms with Gasteiger partial charge in [0.15, 0.2) is 0 Å². The SMILES string of the molecule is COc1nc(N2CCC(C)(OC(N)=O)CC2)nc(N)c1-c1cccc(Cl)c1Cl. The van der Waals surface area contributed by atoms with Crippen LogP contribution in [0.1, 0.15) is 19.8 Å². The van der Waals surface area contributed by atoms with Gasteiger partial charge in [0, 0.05) is 31.5 Å². The maximum atomic E-state index is 11.1. The fourth-order valence-electron chi connectivity index (χ4n) is 3.21. The van der Waals surface area contributed by atoms with Gasteiger partial charge in [0.05, 0.1) is 22.7 Å². The third-order valence-corrected chi connectivity index (χ3v) is 5.58. The number of benzene rings is 1. The molecule has 0 bridgehead atoms. The summed E-state index contributed by atoms with van der Waals surface area (Å²) in [6, 6.07) is 5.23. The molecule has 1 aromatic heterocycles. The van der Waals surface area contributed by atoms with Crippen molar-refractivity contribution in [3.8, 4) is 17.0 Å². The molecule has 0 atom stereocenters. The molecule has 4 N–H and O–H groups in total. The van der Waals surface area contributed by atoms with E-state index in [9.17, 15) is 4.79 Å². The van der Waals surface area contributed by atoms with Crippen molar-refractivity contribution in [2.24, 2.45) is 5.73 Å². The lowest BCUT2D eigenvalue weighted by atomic mass is 9.93. The number of hydrogen-bond donors (Lipinski definition) is 2. The quantitative estimate of drug-likeness (QED) is 0.769. The highest BCUT2D eigenvalue weighted by atomic mass is 35.5. The minimum Gasteiger partial charge on any atom is -0.480 e. The van der Waals surface area contributed by atoms with Crippen LogP contribution in [0.4, 0.5) is 16.6 Å². The van der Waals surface area contributed by atoms with E-state index in [1.165, 1.54) is 7.11 Å². The molecule has 2 heterocycles. The molecule has 1 aliphatic heterocycles. The molecule has 1 fully saturated rings. The highest BCUT2D eigenvalue weighted by Crippen LogP contribution is 2.41. The Labute approximate surface area is 172 Å². The third kappa shape index (κ3) is 4.02.